The van der Waals surface area contributed by atoms with Gasteiger partial charge in [-0.05, 0) is 36.8 Å². The summed E-state index contributed by atoms with van der Waals surface area (Å²) < 4.78 is 13.6. The first-order valence-electron chi connectivity index (χ1n) is 7.36. The summed E-state index contributed by atoms with van der Waals surface area (Å²) in [6.45, 7) is 2.27. The lowest BCUT2D eigenvalue weighted by molar-refractivity contribution is 0.214. The molecule has 0 aromatic heterocycles. The highest BCUT2D eigenvalue weighted by molar-refractivity contribution is 7.99. The van der Waals surface area contributed by atoms with Crippen molar-refractivity contribution < 1.29 is 9.18 Å². The number of carbonyl (C=O) groups excluding carboxylic acids is 1. The molecule has 0 spiro atoms. The van der Waals surface area contributed by atoms with Crippen LogP contribution in [0.3, 0.4) is 0 Å². The average Bonchev–Trinajstić information content (AvgIpc) is 3.00. The van der Waals surface area contributed by atoms with Gasteiger partial charge in [0, 0.05) is 33.6 Å². The zero-order valence-electron chi connectivity index (χ0n) is 12.9. The summed E-state index contributed by atoms with van der Waals surface area (Å²) in [6.07, 6.45) is 0. The van der Waals surface area contributed by atoms with Crippen LogP contribution in [0.1, 0.15) is 16.5 Å². The van der Waals surface area contributed by atoms with Gasteiger partial charge in [0.2, 0.25) is 0 Å². The van der Waals surface area contributed by atoms with Crippen molar-refractivity contribution in [2.75, 3.05) is 17.6 Å². The molecule has 2 aromatic carbocycles. The maximum absolute atomic E-state index is 13.6. The average molecular weight is 385 g/mol. The molecule has 24 heavy (non-hydrogen) atoms. The lowest BCUT2D eigenvalue weighted by Crippen LogP contribution is -2.34. The van der Waals surface area contributed by atoms with Crippen LogP contribution < -0.4 is 5.32 Å². The van der Waals surface area contributed by atoms with Gasteiger partial charge in [-0.25, -0.2) is 9.18 Å². The molecule has 1 aliphatic heterocycles. The van der Waals surface area contributed by atoms with Crippen molar-refractivity contribution >= 4 is 46.7 Å². The van der Waals surface area contributed by atoms with Gasteiger partial charge in [-0.3, -0.25) is 0 Å². The highest BCUT2D eigenvalue weighted by Crippen LogP contribution is 2.41. The summed E-state index contributed by atoms with van der Waals surface area (Å²) in [5.41, 5.74) is 1.81. The molecule has 1 heterocycles. The van der Waals surface area contributed by atoms with Crippen LogP contribution in [0.4, 0.5) is 14.9 Å². The lowest BCUT2D eigenvalue weighted by Gasteiger charge is -2.25. The maximum atomic E-state index is 13.6. The minimum Gasteiger partial charge on any atom is -0.308 e. The van der Waals surface area contributed by atoms with Gasteiger partial charge in [0.25, 0.3) is 0 Å². The van der Waals surface area contributed by atoms with Gasteiger partial charge < -0.3 is 10.2 Å². The summed E-state index contributed by atoms with van der Waals surface area (Å²) in [5, 5.41) is 3.64. The molecule has 0 radical (unpaired) electrons. The fourth-order valence-electron chi connectivity index (χ4n) is 2.50. The van der Waals surface area contributed by atoms with Gasteiger partial charge in [0.05, 0.1) is 0 Å². The SMILES string of the molecule is Cc1ccc(NC(=O)N2CCSC2c2ccc(Cl)cc2Cl)cc1F. The number of aryl methyl sites for hydroxylation is 1. The lowest BCUT2D eigenvalue weighted by atomic mass is 10.2. The number of carbonyl (C=O) groups is 1. The van der Waals surface area contributed by atoms with Crippen LogP contribution in [-0.4, -0.2) is 23.2 Å². The van der Waals surface area contributed by atoms with Gasteiger partial charge in [0.1, 0.15) is 11.2 Å². The largest absolute Gasteiger partial charge is 0.323 e. The molecule has 0 aliphatic carbocycles. The zero-order valence-corrected chi connectivity index (χ0v) is 15.2. The highest BCUT2D eigenvalue weighted by Gasteiger charge is 2.32. The topological polar surface area (TPSA) is 32.3 Å². The van der Waals surface area contributed by atoms with E-state index in [1.807, 2.05) is 6.07 Å². The molecule has 0 saturated carbocycles. The third-order valence-electron chi connectivity index (χ3n) is 3.80. The summed E-state index contributed by atoms with van der Waals surface area (Å²) >= 11 is 13.8. The summed E-state index contributed by atoms with van der Waals surface area (Å²) in [7, 11) is 0. The molecule has 3 rings (SSSR count). The van der Waals surface area contributed by atoms with E-state index in [4.69, 9.17) is 23.2 Å². The standard InChI is InChI=1S/C17H15Cl2FN2OS/c1-10-2-4-12(9-15(10)20)21-17(23)22-6-7-24-16(22)13-5-3-11(18)8-14(13)19/h2-5,8-9,16H,6-7H2,1H3,(H,21,23). The highest BCUT2D eigenvalue weighted by atomic mass is 35.5. The minimum absolute atomic E-state index is 0.190. The first kappa shape index (κ1) is 17.4. The molecule has 7 heteroatoms. The molecule has 3 nitrogen and oxygen atoms in total. The van der Waals surface area contributed by atoms with Crippen molar-refractivity contribution in [3.63, 3.8) is 0 Å². The van der Waals surface area contributed by atoms with E-state index < -0.39 is 0 Å². The minimum atomic E-state index is -0.346. The third-order valence-corrected chi connectivity index (χ3v) is 5.61. The van der Waals surface area contributed by atoms with Gasteiger partial charge in [-0.15, -0.1) is 11.8 Å². The summed E-state index contributed by atoms with van der Waals surface area (Å²) in [6, 6.07) is 9.62. The van der Waals surface area contributed by atoms with E-state index in [9.17, 15) is 9.18 Å². The number of amides is 2. The number of halogens is 3. The number of nitrogens with zero attached hydrogens (tertiary/aromatic N) is 1. The summed E-state index contributed by atoms with van der Waals surface area (Å²) in [5.74, 6) is 0.458. The molecule has 1 fully saturated rings. The van der Waals surface area contributed by atoms with Gasteiger partial charge >= 0.3 is 6.03 Å². The molecule has 1 saturated heterocycles. The van der Waals surface area contributed by atoms with Crippen LogP contribution in [0, 0.1) is 12.7 Å². The van der Waals surface area contributed by atoms with Crippen molar-refractivity contribution in [2.45, 2.75) is 12.3 Å². The van der Waals surface area contributed by atoms with Crippen LogP contribution in [-0.2, 0) is 0 Å². The van der Waals surface area contributed by atoms with E-state index in [0.29, 0.717) is 27.8 Å². The third kappa shape index (κ3) is 3.63. The number of rotatable bonds is 2. The number of benzene rings is 2. The fourth-order valence-corrected chi connectivity index (χ4v) is 4.37. The van der Waals surface area contributed by atoms with E-state index >= 15 is 0 Å². The molecular weight excluding hydrogens is 370 g/mol. The predicted octanol–water partition coefficient (Wildman–Crippen LogP) is 5.72. The van der Waals surface area contributed by atoms with Crippen LogP contribution in [0.25, 0.3) is 0 Å². The number of urea groups is 1. The second-order valence-corrected chi connectivity index (χ2v) is 7.51. The molecule has 2 aromatic rings. The number of hydrogen-bond donors (Lipinski definition) is 1. The van der Waals surface area contributed by atoms with E-state index in [0.717, 1.165) is 11.3 Å². The Balaban J connectivity index is 1.79. The Hall–Kier alpha value is -1.43. The van der Waals surface area contributed by atoms with Crippen LogP contribution in [0.2, 0.25) is 10.0 Å². The van der Waals surface area contributed by atoms with E-state index in [2.05, 4.69) is 5.32 Å². The Bertz CT molecular complexity index is 787. The van der Waals surface area contributed by atoms with Crippen molar-refractivity contribution in [3.05, 3.63) is 63.4 Å². The van der Waals surface area contributed by atoms with Crippen LogP contribution >= 0.6 is 35.0 Å². The smallest absolute Gasteiger partial charge is 0.308 e. The van der Waals surface area contributed by atoms with Crippen molar-refractivity contribution in [1.82, 2.24) is 4.90 Å². The molecule has 2 amide bonds. The predicted molar refractivity (Wildman–Crippen MR) is 98.5 cm³/mol. The van der Waals surface area contributed by atoms with Gasteiger partial charge in [0.15, 0.2) is 0 Å². The van der Waals surface area contributed by atoms with E-state index in [1.165, 1.54) is 6.07 Å². The zero-order chi connectivity index (χ0) is 17.3. The van der Waals surface area contributed by atoms with Crippen molar-refractivity contribution in [1.29, 1.82) is 0 Å². The quantitative estimate of drug-likeness (QED) is 0.717. The molecule has 1 N–H and O–H groups in total. The number of nitrogens with one attached hydrogen (secondary N) is 1. The Morgan fingerprint density at radius 1 is 1.29 bits per heavy atom. The molecule has 0 bridgehead atoms. The number of anilines is 1. The Morgan fingerprint density at radius 3 is 2.79 bits per heavy atom. The maximum Gasteiger partial charge on any atom is 0.323 e. The van der Waals surface area contributed by atoms with E-state index in [-0.39, 0.29) is 17.2 Å². The fraction of sp³-hybridized carbons (Fsp3) is 0.235. The second kappa shape index (κ2) is 7.21. The Kier molecular flexibility index (Phi) is 5.23. The van der Waals surface area contributed by atoms with Crippen LogP contribution in [0.15, 0.2) is 36.4 Å². The summed E-state index contributed by atoms with van der Waals surface area (Å²) in [4.78, 5) is 14.3. The number of hydrogen-bond acceptors (Lipinski definition) is 2. The second-order valence-electron chi connectivity index (χ2n) is 5.48. The molecule has 126 valence electrons. The van der Waals surface area contributed by atoms with Crippen molar-refractivity contribution in [3.8, 4) is 0 Å². The first-order chi connectivity index (χ1) is 11.5. The molecule has 1 aliphatic rings. The monoisotopic (exact) mass is 384 g/mol. The Morgan fingerprint density at radius 2 is 2.08 bits per heavy atom. The normalized spacial score (nSPS) is 17.2. The molecule has 1 atom stereocenters. The first-order valence-corrected chi connectivity index (χ1v) is 9.16. The van der Waals surface area contributed by atoms with Gasteiger partial charge in [-0.2, -0.15) is 0 Å². The Labute approximate surface area is 154 Å². The molecule has 1 unspecified atom stereocenters. The van der Waals surface area contributed by atoms with Crippen LogP contribution in [0.5, 0.6) is 0 Å². The van der Waals surface area contributed by atoms with E-state index in [1.54, 1.807) is 47.9 Å². The van der Waals surface area contributed by atoms with Crippen molar-refractivity contribution in [2.24, 2.45) is 0 Å². The number of thioether (sulfide) groups is 1. The van der Waals surface area contributed by atoms with Gasteiger partial charge in [-0.1, -0.05) is 35.3 Å². The molecular formula is C17H15Cl2FN2OS.